The van der Waals surface area contributed by atoms with E-state index in [1.165, 1.54) is 12.4 Å². The Morgan fingerprint density at radius 2 is 1.89 bits per heavy atom. The summed E-state index contributed by atoms with van der Waals surface area (Å²) in [6.45, 7) is 4.05. The highest BCUT2D eigenvalue weighted by molar-refractivity contribution is 5.85. The third-order valence-electron chi connectivity index (χ3n) is 2.89. The number of piperazine rings is 1. The predicted molar refractivity (Wildman–Crippen MR) is 63.5 cm³/mol. The summed E-state index contributed by atoms with van der Waals surface area (Å²) in [4.78, 5) is 33.6. The van der Waals surface area contributed by atoms with Crippen molar-refractivity contribution in [2.45, 2.75) is 6.92 Å². The molecule has 96 valence electrons. The Labute approximate surface area is 104 Å². The third kappa shape index (κ3) is 2.55. The number of rotatable bonds is 2. The molecule has 2 rings (SSSR count). The Hall–Kier alpha value is -2.18. The van der Waals surface area contributed by atoms with Gasteiger partial charge in [-0.3, -0.25) is 9.78 Å². The van der Waals surface area contributed by atoms with E-state index in [9.17, 15) is 9.59 Å². The van der Waals surface area contributed by atoms with Gasteiger partial charge in [0.25, 0.3) is 0 Å². The molecule has 1 saturated heterocycles. The maximum Gasteiger partial charge on any atom is 0.356 e. The van der Waals surface area contributed by atoms with Crippen LogP contribution in [0.1, 0.15) is 17.4 Å². The van der Waals surface area contributed by atoms with Crippen LogP contribution in [-0.4, -0.2) is 58.0 Å². The lowest BCUT2D eigenvalue weighted by Gasteiger charge is -2.34. The van der Waals surface area contributed by atoms with Gasteiger partial charge in [0.15, 0.2) is 5.69 Å². The fraction of sp³-hybridized carbons (Fsp3) is 0.455. The minimum absolute atomic E-state index is 0.0556. The molecule has 0 aromatic carbocycles. The third-order valence-corrected chi connectivity index (χ3v) is 2.89. The first-order valence-electron chi connectivity index (χ1n) is 5.63. The van der Waals surface area contributed by atoms with Crippen LogP contribution >= 0.6 is 0 Å². The molecule has 0 saturated carbocycles. The largest absolute Gasteiger partial charge is 0.476 e. The van der Waals surface area contributed by atoms with Gasteiger partial charge in [-0.25, -0.2) is 9.78 Å². The highest BCUT2D eigenvalue weighted by Gasteiger charge is 2.20. The molecule has 2 heterocycles. The number of hydrogen-bond acceptors (Lipinski definition) is 5. The summed E-state index contributed by atoms with van der Waals surface area (Å²) in [6, 6.07) is 0. The molecule has 0 atom stereocenters. The molecule has 7 heteroatoms. The smallest absolute Gasteiger partial charge is 0.356 e. The number of aromatic carboxylic acids is 1. The van der Waals surface area contributed by atoms with Crippen LogP contribution in [0.15, 0.2) is 12.4 Å². The molecule has 0 spiro atoms. The van der Waals surface area contributed by atoms with Crippen molar-refractivity contribution in [2.75, 3.05) is 31.1 Å². The van der Waals surface area contributed by atoms with Crippen molar-refractivity contribution in [3.63, 3.8) is 0 Å². The van der Waals surface area contributed by atoms with Crippen molar-refractivity contribution in [2.24, 2.45) is 0 Å². The number of carboxylic acids is 1. The first-order valence-corrected chi connectivity index (χ1v) is 5.63. The molecule has 0 unspecified atom stereocenters. The number of carbonyl (C=O) groups is 2. The Balaban J connectivity index is 2.07. The number of carboxylic acid groups (broad SMARTS) is 1. The van der Waals surface area contributed by atoms with E-state index >= 15 is 0 Å². The van der Waals surface area contributed by atoms with Gasteiger partial charge in [0.1, 0.15) is 5.82 Å². The summed E-state index contributed by atoms with van der Waals surface area (Å²) in [6.07, 6.45) is 2.76. The molecule has 1 N–H and O–H groups in total. The molecule has 0 bridgehead atoms. The van der Waals surface area contributed by atoms with E-state index in [4.69, 9.17) is 5.11 Å². The van der Waals surface area contributed by atoms with Crippen LogP contribution in [0.5, 0.6) is 0 Å². The number of hydrogen-bond donors (Lipinski definition) is 1. The second-order valence-electron chi connectivity index (χ2n) is 4.06. The zero-order valence-corrected chi connectivity index (χ0v) is 10.0. The summed E-state index contributed by atoms with van der Waals surface area (Å²) < 4.78 is 0. The van der Waals surface area contributed by atoms with E-state index in [0.717, 1.165) is 0 Å². The number of aromatic nitrogens is 2. The van der Waals surface area contributed by atoms with Crippen LogP contribution in [0, 0.1) is 0 Å². The zero-order valence-electron chi connectivity index (χ0n) is 10.0. The molecule has 1 aromatic rings. The lowest BCUT2D eigenvalue weighted by atomic mass is 10.3. The van der Waals surface area contributed by atoms with Gasteiger partial charge in [-0.1, -0.05) is 0 Å². The Kier molecular flexibility index (Phi) is 3.40. The fourth-order valence-corrected chi connectivity index (χ4v) is 1.86. The van der Waals surface area contributed by atoms with Gasteiger partial charge < -0.3 is 14.9 Å². The second kappa shape index (κ2) is 4.99. The predicted octanol–water partition coefficient (Wildman–Crippen LogP) is -0.157. The first kappa shape index (κ1) is 12.3. The molecule has 0 radical (unpaired) electrons. The van der Waals surface area contributed by atoms with E-state index in [0.29, 0.717) is 32.0 Å². The molecule has 1 fully saturated rings. The van der Waals surface area contributed by atoms with Gasteiger partial charge >= 0.3 is 5.97 Å². The van der Waals surface area contributed by atoms with Crippen molar-refractivity contribution < 1.29 is 14.7 Å². The van der Waals surface area contributed by atoms with Gasteiger partial charge in [-0.05, 0) is 0 Å². The first-order chi connectivity index (χ1) is 8.58. The summed E-state index contributed by atoms with van der Waals surface area (Å²) in [5.74, 6) is -0.496. The highest BCUT2D eigenvalue weighted by Crippen LogP contribution is 2.13. The Bertz CT molecular complexity index is 469. The van der Waals surface area contributed by atoms with E-state index < -0.39 is 5.97 Å². The summed E-state index contributed by atoms with van der Waals surface area (Å²) in [7, 11) is 0. The number of amides is 1. The molecule has 1 amide bonds. The van der Waals surface area contributed by atoms with Gasteiger partial charge in [-0.15, -0.1) is 0 Å². The standard InChI is InChI=1S/C11H14N4O3/c1-8(16)14-2-4-15(5-3-14)10-7-12-6-9(13-10)11(17)18/h6-7H,2-5H2,1H3,(H,17,18). The summed E-state index contributed by atoms with van der Waals surface area (Å²) in [5, 5.41) is 8.85. The Morgan fingerprint density at radius 1 is 1.22 bits per heavy atom. The number of anilines is 1. The van der Waals surface area contributed by atoms with E-state index in [-0.39, 0.29) is 11.6 Å². The minimum Gasteiger partial charge on any atom is -0.476 e. The number of nitrogens with zero attached hydrogens (tertiary/aromatic N) is 4. The maximum atomic E-state index is 11.2. The highest BCUT2D eigenvalue weighted by atomic mass is 16.4. The monoisotopic (exact) mass is 250 g/mol. The van der Waals surface area contributed by atoms with Crippen molar-refractivity contribution >= 4 is 17.7 Å². The quantitative estimate of drug-likeness (QED) is 0.785. The molecular formula is C11H14N4O3. The van der Waals surface area contributed by atoms with E-state index in [1.54, 1.807) is 11.8 Å². The minimum atomic E-state index is -1.09. The van der Waals surface area contributed by atoms with Crippen LogP contribution in [0.4, 0.5) is 5.82 Å². The molecule has 1 aliphatic heterocycles. The van der Waals surface area contributed by atoms with Crippen LogP contribution < -0.4 is 4.90 Å². The number of carbonyl (C=O) groups excluding carboxylic acids is 1. The molecule has 0 aliphatic carbocycles. The van der Waals surface area contributed by atoms with Crippen LogP contribution in [0.25, 0.3) is 0 Å². The van der Waals surface area contributed by atoms with E-state index in [2.05, 4.69) is 9.97 Å². The van der Waals surface area contributed by atoms with Crippen LogP contribution in [0.3, 0.4) is 0 Å². The topological polar surface area (TPSA) is 86.6 Å². The van der Waals surface area contributed by atoms with Crippen molar-refractivity contribution in [1.82, 2.24) is 14.9 Å². The molecule has 18 heavy (non-hydrogen) atoms. The fourth-order valence-electron chi connectivity index (χ4n) is 1.86. The molecular weight excluding hydrogens is 236 g/mol. The van der Waals surface area contributed by atoms with Crippen molar-refractivity contribution in [3.8, 4) is 0 Å². The van der Waals surface area contributed by atoms with Gasteiger partial charge in [0.05, 0.1) is 12.4 Å². The van der Waals surface area contributed by atoms with E-state index in [1.807, 2.05) is 4.90 Å². The normalized spacial score (nSPS) is 15.6. The molecule has 1 aliphatic rings. The summed E-state index contributed by atoms with van der Waals surface area (Å²) >= 11 is 0. The average Bonchev–Trinajstić information content (AvgIpc) is 2.39. The van der Waals surface area contributed by atoms with Gasteiger partial charge in [0, 0.05) is 33.1 Å². The molecule has 1 aromatic heterocycles. The maximum absolute atomic E-state index is 11.2. The summed E-state index contributed by atoms with van der Waals surface area (Å²) in [5.41, 5.74) is -0.0681. The van der Waals surface area contributed by atoms with Crippen molar-refractivity contribution in [3.05, 3.63) is 18.1 Å². The second-order valence-corrected chi connectivity index (χ2v) is 4.06. The molecule has 7 nitrogen and oxygen atoms in total. The van der Waals surface area contributed by atoms with Gasteiger partial charge in [-0.2, -0.15) is 0 Å². The van der Waals surface area contributed by atoms with Gasteiger partial charge in [0.2, 0.25) is 5.91 Å². The zero-order chi connectivity index (χ0) is 13.1. The van der Waals surface area contributed by atoms with Crippen molar-refractivity contribution in [1.29, 1.82) is 0 Å². The van der Waals surface area contributed by atoms with Crippen LogP contribution in [-0.2, 0) is 4.79 Å². The lowest BCUT2D eigenvalue weighted by Crippen LogP contribution is -2.48. The Morgan fingerprint density at radius 3 is 2.44 bits per heavy atom. The average molecular weight is 250 g/mol. The van der Waals surface area contributed by atoms with Crippen LogP contribution in [0.2, 0.25) is 0 Å². The lowest BCUT2D eigenvalue weighted by molar-refractivity contribution is -0.129. The SMILES string of the molecule is CC(=O)N1CCN(c2cncc(C(=O)O)n2)CC1.